The van der Waals surface area contributed by atoms with Gasteiger partial charge in [-0.15, -0.1) is 0 Å². The van der Waals surface area contributed by atoms with Crippen molar-refractivity contribution in [2.45, 2.75) is 19.4 Å². The summed E-state index contributed by atoms with van der Waals surface area (Å²) in [5.74, 6) is 0. The van der Waals surface area contributed by atoms with Crippen LogP contribution < -0.4 is 0 Å². The molecule has 0 radical (unpaired) electrons. The molecule has 20 heavy (non-hydrogen) atoms. The lowest BCUT2D eigenvalue weighted by atomic mass is 9.95. The molecule has 1 atom stereocenters. The summed E-state index contributed by atoms with van der Waals surface area (Å²) < 4.78 is 5.90. The van der Waals surface area contributed by atoms with E-state index < -0.39 is 0 Å². The van der Waals surface area contributed by atoms with Crippen molar-refractivity contribution >= 4 is 0 Å². The third kappa shape index (κ3) is 3.52. The number of hydrogen-bond donors (Lipinski definition) is 0. The smallest absolute Gasteiger partial charge is 0.108 e. The average molecular weight is 269 g/mol. The molecule has 0 aliphatic rings. The molecule has 2 rings (SSSR count). The number of rotatable bonds is 7. The van der Waals surface area contributed by atoms with Gasteiger partial charge in [0, 0.05) is 0 Å². The monoisotopic (exact) mass is 269 g/mol. The van der Waals surface area contributed by atoms with Crippen LogP contribution in [0.5, 0.6) is 0 Å². The first kappa shape index (κ1) is 14.4. The second-order valence-electron chi connectivity index (χ2n) is 4.57. The SMILES string of the molecule is CCc1ccccc1C(OCCN=O)c1ccccc1. The molecule has 3 nitrogen and oxygen atoms in total. The fourth-order valence-corrected chi connectivity index (χ4v) is 2.31. The predicted octanol–water partition coefficient (Wildman–Crippen LogP) is 4.12. The molecule has 0 aliphatic heterocycles. The molecule has 0 amide bonds. The molecule has 0 N–H and O–H groups in total. The summed E-state index contributed by atoms with van der Waals surface area (Å²) in [5.41, 5.74) is 3.52. The molecular weight excluding hydrogens is 250 g/mol. The van der Waals surface area contributed by atoms with E-state index in [1.165, 1.54) is 5.56 Å². The Kier molecular flexibility index (Phi) is 5.44. The molecule has 0 saturated heterocycles. The first-order valence-electron chi connectivity index (χ1n) is 6.90. The maximum atomic E-state index is 10.3. The summed E-state index contributed by atoms with van der Waals surface area (Å²) in [5, 5.41) is 2.86. The van der Waals surface area contributed by atoms with Crippen molar-refractivity contribution in [2.24, 2.45) is 5.18 Å². The van der Waals surface area contributed by atoms with Gasteiger partial charge in [-0.2, -0.15) is 4.91 Å². The highest BCUT2D eigenvalue weighted by Crippen LogP contribution is 2.28. The van der Waals surface area contributed by atoms with Gasteiger partial charge in [-0.3, -0.25) is 0 Å². The molecule has 3 heteroatoms. The topological polar surface area (TPSA) is 38.7 Å². The quantitative estimate of drug-likeness (QED) is 0.560. The van der Waals surface area contributed by atoms with Crippen LogP contribution in [0.2, 0.25) is 0 Å². The van der Waals surface area contributed by atoms with Gasteiger partial charge in [-0.05, 0) is 23.1 Å². The molecule has 2 aromatic carbocycles. The third-order valence-electron chi connectivity index (χ3n) is 3.29. The Morgan fingerprint density at radius 1 is 1.05 bits per heavy atom. The predicted molar refractivity (Wildman–Crippen MR) is 80.7 cm³/mol. The Morgan fingerprint density at radius 2 is 1.75 bits per heavy atom. The van der Waals surface area contributed by atoms with Crippen molar-refractivity contribution in [3.63, 3.8) is 0 Å². The van der Waals surface area contributed by atoms with Crippen molar-refractivity contribution in [1.82, 2.24) is 0 Å². The molecule has 1 unspecified atom stereocenters. The summed E-state index contributed by atoms with van der Waals surface area (Å²) in [6.45, 7) is 2.65. The zero-order valence-corrected chi connectivity index (χ0v) is 11.7. The fraction of sp³-hybridized carbons (Fsp3) is 0.294. The lowest BCUT2D eigenvalue weighted by molar-refractivity contribution is 0.0859. The van der Waals surface area contributed by atoms with Crippen LogP contribution in [0.1, 0.15) is 29.7 Å². The Bertz CT molecular complexity index is 540. The van der Waals surface area contributed by atoms with Gasteiger partial charge in [0.25, 0.3) is 0 Å². The van der Waals surface area contributed by atoms with E-state index in [-0.39, 0.29) is 12.6 Å². The first-order chi connectivity index (χ1) is 9.86. The van der Waals surface area contributed by atoms with E-state index >= 15 is 0 Å². The van der Waals surface area contributed by atoms with E-state index in [2.05, 4.69) is 24.2 Å². The molecule has 0 fully saturated rings. The highest BCUT2D eigenvalue weighted by Gasteiger charge is 2.17. The minimum Gasteiger partial charge on any atom is -0.367 e. The Labute approximate surface area is 119 Å². The van der Waals surface area contributed by atoms with Gasteiger partial charge in [-0.25, -0.2) is 0 Å². The van der Waals surface area contributed by atoms with Crippen LogP contribution in [0.4, 0.5) is 0 Å². The number of hydrogen-bond acceptors (Lipinski definition) is 3. The Balaban J connectivity index is 2.32. The molecule has 0 saturated carbocycles. The highest BCUT2D eigenvalue weighted by atomic mass is 16.5. The standard InChI is InChI=1S/C17H19NO2/c1-2-14-8-6-7-11-16(14)17(20-13-12-18-19)15-9-4-3-5-10-15/h3-11,17H,2,12-13H2,1H3. The highest BCUT2D eigenvalue weighted by molar-refractivity contribution is 5.36. The summed E-state index contributed by atoms with van der Waals surface area (Å²) in [4.78, 5) is 10.3. The number of ether oxygens (including phenoxy) is 1. The maximum absolute atomic E-state index is 10.3. The summed E-state index contributed by atoms with van der Waals surface area (Å²) >= 11 is 0. The molecular formula is C17H19NO2. The zero-order chi connectivity index (χ0) is 14.2. The van der Waals surface area contributed by atoms with Gasteiger partial charge in [0.05, 0.1) is 6.61 Å². The van der Waals surface area contributed by atoms with E-state index in [0.717, 1.165) is 17.5 Å². The van der Waals surface area contributed by atoms with E-state index in [1.54, 1.807) is 0 Å². The van der Waals surface area contributed by atoms with Crippen molar-refractivity contribution in [2.75, 3.05) is 13.2 Å². The summed E-state index contributed by atoms with van der Waals surface area (Å²) in [7, 11) is 0. The van der Waals surface area contributed by atoms with Crippen LogP contribution >= 0.6 is 0 Å². The van der Waals surface area contributed by atoms with E-state index in [1.807, 2.05) is 42.5 Å². The summed E-state index contributed by atoms with van der Waals surface area (Å²) in [6.07, 6.45) is 0.809. The number of aryl methyl sites for hydroxylation is 1. The normalized spacial score (nSPS) is 12.1. The second kappa shape index (κ2) is 7.56. The molecule has 0 heterocycles. The van der Waals surface area contributed by atoms with Crippen molar-refractivity contribution in [1.29, 1.82) is 0 Å². The van der Waals surface area contributed by atoms with Crippen LogP contribution in [0.3, 0.4) is 0 Å². The van der Waals surface area contributed by atoms with Crippen molar-refractivity contribution < 1.29 is 4.74 Å². The molecule has 104 valence electrons. The van der Waals surface area contributed by atoms with Crippen LogP contribution in [-0.4, -0.2) is 13.2 Å². The van der Waals surface area contributed by atoms with Gasteiger partial charge in [0.2, 0.25) is 0 Å². The Morgan fingerprint density at radius 3 is 2.45 bits per heavy atom. The number of nitroso groups, excluding NO2 is 1. The summed E-state index contributed by atoms with van der Waals surface area (Å²) in [6, 6.07) is 18.3. The largest absolute Gasteiger partial charge is 0.367 e. The van der Waals surface area contributed by atoms with Crippen LogP contribution in [0, 0.1) is 4.91 Å². The Hall–Kier alpha value is -2.00. The minimum absolute atomic E-state index is 0.144. The minimum atomic E-state index is -0.144. The van der Waals surface area contributed by atoms with Crippen LogP contribution in [0.15, 0.2) is 59.8 Å². The lowest BCUT2D eigenvalue weighted by Crippen LogP contribution is -2.11. The van der Waals surface area contributed by atoms with Crippen molar-refractivity contribution in [3.8, 4) is 0 Å². The molecule has 2 aromatic rings. The second-order valence-corrected chi connectivity index (χ2v) is 4.57. The average Bonchev–Trinajstić information content (AvgIpc) is 2.52. The number of nitrogens with zero attached hydrogens (tertiary/aromatic N) is 1. The zero-order valence-electron chi connectivity index (χ0n) is 11.7. The molecule has 0 spiro atoms. The third-order valence-corrected chi connectivity index (χ3v) is 3.29. The first-order valence-corrected chi connectivity index (χ1v) is 6.90. The lowest BCUT2D eigenvalue weighted by Gasteiger charge is -2.21. The van der Waals surface area contributed by atoms with Gasteiger partial charge < -0.3 is 4.74 Å². The van der Waals surface area contributed by atoms with Crippen molar-refractivity contribution in [3.05, 3.63) is 76.2 Å². The van der Waals surface area contributed by atoms with E-state index in [4.69, 9.17) is 4.74 Å². The van der Waals surface area contributed by atoms with Gasteiger partial charge in [0.1, 0.15) is 12.6 Å². The maximum Gasteiger partial charge on any atom is 0.108 e. The van der Waals surface area contributed by atoms with E-state index in [0.29, 0.717) is 6.61 Å². The van der Waals surface area contributed by atoms with Crippen LogP contribution in [-0.2, 0) is 11.2 Å². The molecule has 0 aliphatic carbocycles. The fourth-order valence-electron chi connectivity index (χ4n) is 2.31. The van der Waals surface area contributed by atoms with Gasteiger partial charge in [0.15, 0.2) is 0 Å². The molecule has 0 aromatic heterocycles. The van der Waals surface area contributed by atoms with Crippen LogP contribution in [0.25, 0.3) is 0 Å². The number of benzene rings is 2. The molecule has 0 bridgehead atoms. The van der Waals surface area contributed by atoms with Gasteiger partial charge >= 0.3 is 0 Å². The van der Waals surface area contributed by atoms with Gasteiger partial charge in [-0.1, -0.05) is 66.7 Å². The van der Waals surface area contributed by atoms with E-state index in [9.17, 15) is 4.91 Å².